The molecule has 1 aromatic rings. The molecule has 0 bridgehead atoms. The molecule has 0 aliphatic heterocycles. The van der Waals surface area contributed by atoms with Gasteiger partial charge in [0.2, 0.25) is 0 Å². The summed E-state index contributed by atoms with van der Waals surface area (Å²) >= 11 is 0. The summed E-state index contributed by atoms with van der Waals surface area (Å²) in [5.74, 6) is 0.998. The molecule has 0 aliphatic rings. The number of unbranched alkanes of at least 4 members (excludes halogenated alkanes) is 1. The number of hydrogen-bond acceptors (Lipinski definition) is 4. The number of hydrogen-bond donors (Lipinski definition) is 1. The van der Waals surface area contributed by atoms with Gasteiger partial charge in [0.05, 0.1) is 18.1 Å². The second kappa shape index (κ2) is 8.32. The highest BCUT2D eigenvalue weighted by molar-refractivity contribution is 5.37. The molecule has 0 saturated carbocycles. The Labute approximate surface area is 130 Å². The van der Waals surface area contributed by atoms with Crippen molar-refractivity contribution in [1.29, 1.82) is 0 Å². The molecular weight excluding hydrogens is 260 g/mol. The predicted molar refractivity (Wildman–Crippen MR) is 90.6 cm³/mol. The maximum Gasteiger partial charge on any atom is 0.147 e. The van der Waals surface area contributed by atoms with Gasteiger partial charge >= 0.3 is 0 Å². The van der Waals surface area contributed by atoms with Gasteiger partial charge < -0.3 is 10.2 Å². The van der Waals surface area contributed by atoms with Gasteiger partial charge in [-0.3, -0.25) is 4.98 Å². The molecule has 120 valence electrons. The molecule has 0 saturated heterocycles. The average Bonchev–Trinajstić information content (AvgIpc) is 2.45. The minimum Gasteiger partial charge on any atom is -0.353 e. The van der Waals surface area contributed by atoms with Gasteiger partial charge in [0.15, 0.2) is 0 Å². The average molecular weight is 292 g/mol. The Kier molecular flexibility index (Phi) is 7.09. The predicted octanol–water partition coefficient (Wildman–Crippen LogP) is 3.77. The molecule has 1 atom stereocenters. The topological polar surface area (TPSA) is 41.1 Å². The van der Waals surface area contributed by atoms with Crippen molar-refractivity contribution >= 4 is 5.82 Å². The zero-order valence-electron chi connectivity index (χ0n) is 14.6. The lowest BCUT2D eigenvalue weighted by molar-refractivity contribution is 0.421. The van der Waals surface area contributed by atoms with Crippen LogP contribution in [0.3, 0.4) is 0 Å². The fourth-order valence-corrected chi connectivity index (χ4v) is 2.05. The van der Waals surface area contributed by atoms with Crippen LogP contribution in [0.4, 0.5) is 5.82 Å². The van der Waals surface area contributed by atoms with Gasteiger partial charge in [-0.15, -0.1) is 0 Å². The summed E-state index contributed by atoms with van der Waals surface area (Å²) in [4.78, 5) is 11.6. The lowest BCUT2D eigenvalue weighted by atomic mass is 10.1. The van der Waals surface area contributed by atoms with E-state index in [-0.39, 0.29) is 5.54 Å². The van der Waals surface area contributed by atoms with Crippen molar-refractivity contribution in [1.82, 2.24) is 15.3 Å². The second-order valence-electron chi connectivity index (χ2n) is 6.77. The minimum atomic E-state index is 0.101. The van der Waals surface area contributed by atoms with Crippen molar-refractivity contribution < 1.29 is 0 Å². The Hall–Kier alpha value is -1.16. The molecule has 4 nitrogen and oxygen atoms in total. The van der Waals surface area contributed by atoms with Crippen molar-refractivity contribution in [2.75, 3.05) is 11.4 Å². The van der Waals surface area contributed by atoms with Gasteiger partial charge in [-0.25, -0.2) is 4.98 Å². The van der Waals surface area contributed by atoms with E-state index in [1.807, 2.05) is 12.4 Å². The van der Waals surface area contributed by atoms with Crippen LogP contribution in [-0.2, 0) is 6.54 Å². The van der Waals surface area contributed by atoms with E-state index in [2.05, 4.69) is 61.7 Å². The molecule has 0 fully saturated rings. The molecule has 1 unspecified atom stereocenters. The van der Waals surface area contributed by atoms with Gasteiger partial charge in [-0.1, -0.05) is 20.3 Å². The summed E-state index contributed by atoms with van der Waals surface area (Å²) in [7, 11) is 0. The number of nitrogens with one attached hydrogen (secondary N) is 1. The highest BCUT2D eigenvalue weighted by Gasteiger charge is 2.14. The zero-order valence-corrected chi connectivity index (χ0v) is 14.6. The molecule has 1 aromatic heterocycles. The molecule has 21 heavy (non-hydrogen) atoms. The quantitative estimate of drug-likeness (QED) is 0.792. The summed E-state index contributed by atoms with van der Waals surface area (Å²) in [6.07, 6.45) is 7.34. The lowest BCUT2D eigenvalue weighted by Gasteiger charge is -2.29. The van der Waals surface area contributed by atoms with Crippen molar-refractivity contribution in [3.63, 3.8) is 0 Å². The van der Waals surface area contributed by atoms with Crippen LogP contribution in [0.5, 0.6) is 0 Å². The van der Waals surface area contributed by atoms with Crippen molar-refractivity contribution in [3.8, 4) is 0 Å². The Balaban J connectivity index is 2.72. The van der Waals surface area contributed by atoms with E-state index in [1.54, 1.807) is 0 Å². The van der Waals surface area contributed by atoms with Gasteiger partial charge in [0, 0.05) is 24.7 Å². The summed E-state index contributed by atoms with van der Waals surface area (Å²) in [5.41, 5.74) is 1.10. The second-order valence-corrected chi connectivity index (χ2v) is 6.77. The van der Waals surface area contributed by atoms with E-state index in [0.717, 1.165) is 31.0 Å². The van der Waals surface area contributed by atoms with Gasteiger partial charge in [0.25, 0.3) is 0 Å². The molecule has 0 aliphatic carbocycles. The van der Waals surface area contributed by atoms with Gasteiger partial charge in [-0.05, 0) is 40.5 Å². The van der Waals surface area contributed by atoms with Crippen LogP contribution in [0.15, 0.2) is 12.4 Å². The highest BCUT2D eigenvalue weighted by atomic mass is 15.2. The van der Waals surface area contributed by atoms with Gasteiger partial charge in [-0.2, -0.15) is 0 Å². The van der Waals surface area contributed by atoms with Crippen LogP contribution in [0, 0.1) is 0 Å². The molecule has 0 aromatic carbocycles. The molecule has 0 radical (unpaired) electrons. The third kappa shape index (κ3) is 6.42. The fourth-order valence-electron chi connectivity index (χ4n) is 2.05. The monoisotopic (exact) mass is 292 g/mol. The number of nitrogens with zero attached hydrogens (tertiary/aromatic N) is 3. The molecule has 0 spiro atoms. The van der Waals surface area contributed by atoms with E-state index < -0.39 is 0 Å². The fraction of sp³-hybridized carbons (Fsp3) is 0.765. The highest BCUT2D eigenvalue weighted by Crippen LogP contribution is 2.16. The maximum absolute atomic E-state index is 4.63. The third-order valence-corrected chi connectivity index (χ3v) is 3.66. The zero-order chi connectivity index (χ0) is 15.9. The first-order valence-electron chi connectivity index (χ1n) is 8.20. The standard InChI is InChI=1S/C17H32N4/c1-7-9-10-21(14(3)8-2)16-13-18-15(11-19-16)12-20-17(4,5)6/h11,13-14,20H,7-10,12H2,1-6H3. The first-order valence-corrected chi connectivity index (χ1v) is 8.20. The van der Waals surface area contributed by atoms with Crippen molar-refractivity contribution in [2.45, 2.75) is 78.9 Å². The van der Waals surface area contributed by atoms with Crippen LogP contribution in [0.25, 0.3) is 0 Å². The van der Waals surface area contributed by atoms with Crippen LogP contribution in [0.1, 0.15) is 66.5 Å². The smallest absolute Gasteiger partial charge is 0.147 e. The number of anilines is 1. The Bertz CT molecular complexity index is 394. The first-order chi connectivity index (χ1) is 9.87. The number of aromatic nitrogens is 2. The largest absolute Gasteiger partial charge is 0.353 e. The third-order valence-electron chi connectivity index (χ3n) is 3.66. The van der Waals surface area contributed by atoms with E-state index in [4.69, 9.17) is 0 Å². The van der Waals surface area contributed by atoms with Crippen molar-refractivity contribution in [2.24, 2.45) is 0 Å². The Morgan fingerprint density at radius 3 is 2.38 bits per heavy atom. The molecule has 4 heteroatoms. The summed E-state index contributed by atoms with van der Waals surface area (Å²) in [6, 6.07) is 0.504. The van der Waals surface area contributed by atoms with Crippen molar-refractivity contribution in [3.05, 3.63) is 18.1 Å². The van der Waals surface area contributed by atoms with Crippen LogP contribution >= 0.6 is 0 Å². The van der Waals surface area contributed by atoms with E-state index in [1.165, 1.54) is 12.8 Å². The van der Waals surface area contributed by atoms with Crippen LogP contribution in [-0.4, -0.2) is 28.1 Å². The van der Waals surface area contributed by atoms with Gasteiger partial charge in [0.1, 0.15) is 5.82 Å². The molecule has 1 rings (SSSR count). The summed E-state index contributed by atoms with van der Waals surface area (Å²) in [6.45, 7) is 15.0. The lowest BCUT2D eigenvalue weighted by Crippen LogP contribution is -2.36. The number of rotatable bonds is 8. The minimum absolute atomic E-state index is 0.101. The summed E-state index contributed by atoms with van der Waals surface area (Å²) < 4.78 is 0. The molecule has 0 amide bonds. The van der Waals surface area contributed by atoms with E-state index in [9.17, 15) is 0 Å². The van der Waals surface area contributed by atoms with E-state index in [0.29, 0.717) is 6.04 Å². The summed E-state index contributed by atoms with van der Waals surface area (Å²) in [5, 5.41) is 3.44. The van der Waals surface area contributed by atoms with Crippen LogP contribution < -0.4 is 10.2 Å². The molecule has 1 heterocycles. The van der Waals surface area contributed by atoms with Crippen LogP contribution in [0.2, 0.25) is 0 Å². The Morgan fingerprint density at radius 2 is 1.90 bits per heavy atom. The normalized spacial score (nSPS) is 13.2. The van der Waals surface area contributed by atoms with E-state index >= 15 is 0 Å². The SMILES string of the molecule is CCCCN(c1cnc(CNC(C)(C)C)cn1)C(C)CC. The molecule has 1 N–H and O–H groups in total. The molecular formula is C17H32N4. The maximum atomic E-state index is 4.63. The Morgan fingerprint density at radius 1 is 1.19 bits per heavy atom. The first kappa shape index (κ1) is 17.9.